The number of benzene rings is 1. The lowest BCUT2D eigenvalue weighted by Gasteiger charge is -2.27. The first kappa shape index (κ1) is 17.1. The van der Waals surface area contributed by atoms with Gasteiger partial charge >= 0.3 is 0 Å². The van der Waals surface area contributed by atoms with E-state index >= 15 is 0 Å². The number of amides is 4. The number of fused-ring (bicyclic) bond motifs is 1. The second kappa shape index (κ2) is 7.02. The number of carbonyl (C=O) groups excluding carboxylic acids is 4. The predicted molar refractivity (Wildman–Crippen MR) is 90.1 cm³/mol. The zero-order valence-corrected chi connectivity index (χ0v) is 13.9. The lowest BCUT2D eigenvalue weighted by Crippen LogP contribution is -2.54. The monoisotopic (exact) mass is 344 g/mol. The van der Waals surface area contributed by atoms with Crippen LogP contribution in [-0.4, -0.2) is 54.7 Å². The molecule has 1 aromatic carbocycles. The Morgan fingerprint density at radius 2 is 1.96 bits per heavy atom. The molecular formula is C17H20N4O4. The van der Waals surface area contributed by atoms with Crippen LogP contribution in [0.1, 0.15) is 40.0 Å². The fraction of sp³-hybridized carbons (Fsp3) is 0.412. The molecule has 0 radical (unpaired) electrons. The number of hydrogen-bond acceptors (Lipinski definition) is 6. The highest BCUT2D eigenvalue weighted by molar-refractivity contribution is 6.25. The van der Waals surface area contributed by atoms with Crippen molar-refractivity contribution >= 4 is 29.3 Å². The van der Waals surface area contributed by atoms with E-state index in [0.717, 1.165) is 17.9 Å². The molecule has 1 aromatic rings. The highest BCUT2D eigenvalue weighted by Crippen LogP contribution is 2.32. The largest absolute Gasteiger partial charge is 0.384 e. The number of nitrogens with one attached hydrogen (secondary N) is 3. The van der Waals surface area contributed by atoms with E-state index in [0.29, 0.717) is 17.8 Å². The van der Waals surface area contributed by atoms with E-state index in [1.54, 1.807) is 18.2 Å². The molecule has 8 heteroatoms. The quantitative estimate of drug-likeness (QED) is 0.499. The first-order valence-corrected chi connectivity index (χ1v) is 8.27. The second-order valence-corrected chi connectivity index (χ2v) is 6.06. The van der Waals surface area contributed by atoms with E-state index in [9.17, 15) is 19.2 Å². The smallest absolute Gasteiger partial charge is 0.264 e. The van der Waals surface area contributed by atoms with E-state index in [2.05, 4.69) is 16.0 Å². The van der Waals surface area contributed by atoms with Crippen LogP contribution in [0.15, 0.2) is 18.2 Å². The summed E-state index contributed by atoms with van der Waals surface area (Å²) in [4.78, 5) is 49.8. The van der Waals surface area contributed by atoms with Gasteiger partial charge < -0.3 is 10.6 Å². The van der Waals surface area contributed by atoms with Crippen LogP contribution < -0.4 is 16.0 Å². The van der Waals surface area contributed by atoms with Gasteiger partial charge in [-0.05, 0) is 38.6 Å². The first-order chi connectivity index (χ1) is 12.0. The minimum atomic E-state index is -0.942. The van der Waals surface area contributed by atoms with Crippen molar-refractivity contribution in [3.05, 3.63) is 29.3 Å². The maximum Gasteiger partial charge on any atom is 0.264 e. The lowest BCUT2D eigenvalue weighted by molar-refractivity contribution is -0.136. The number of nitrogens with zero attached hydrogens (tertiary/aromatic N) is 1. The summed E-state index contributed by atoms with van der Waals surface area (Å²) in [6, 6.07) is 4.10. The van der Waals surface area contributed by atoms with Gasteiger partial charge in [0.25, 0.3) is 11.8 Å². The molecule has 1 fully saturated rings. The summed E-state index contributed by atoms with van der Waals surface area (Å²) < 4.78 is 0. The standard InChI is InChI=1S/C17H20N4O4/c1-18-8-3-9-19-11-5-2-4-10-14(11)17(25)21(16(10)24)12-6-7-13(22)20-15(12)23/h2,4-5,12,18-19H,3,6-9H2,1H3,(H,20,22,23). The molecule has 0 aromatic heterocycles. The third-order valence-electron chi connectivity index (χ3n) is 4.39. The lowest BCUT2D eigenvalue weighted by atomic mass is 10.0. The molecule has 4 amide bonds. The Bertz CT molecular complexity index is 746. The van der Waals surface area contributed by atoms with Gasteiger partial charge in [0.1, 0.15) is 6.04 Å². The second-order valence-electron chi connectivity index (χ2n) is 6.06. The molecule has 2 heterocycles. The van der Waals surface area contributed by atoms with Gasteiger partial charge in [-0.15, -0.1) is 0 Å². The van der Waals surface area contributed by atoms with Crippen molar-refractivity contribution < 1.29 is 19.2 Å². The van der Waals surface area contributed by atoms with E-state index < -0.39 is 23.8 Å². The summed E-state index contributed by atoms with van der Waals surface area (Å²) in [6.45, 7) is 1.48. The van der Waals surface area contributed by atoms with Crippen molar-refractivity contribution in [3.8, 4) is 0 Å². The van der Waals surface area contributed by atoms with Crippen LogP contribution in [0.2, 0.25) is 0 Å². The van der Waals surface area contributed by atoms with Gasteiger partial charge in [0.15, 0.2) is 0 Å². The van der Waals surface area contributed by atoms with Crippen molar-refractivity contribution in [2.24, 2.45) is 0 Å². The molecule has 0 aliphatic carbocycles. The number of imide groups is 2. The van der Waals surface area contributed by atoms with Crippen molar-refractivity contribution in [1.29, 1.82) is 0 Å². The molecule has 132 valence electrons. The van der Waals surface area contributed by atoms with Crippen molar-refractivity contribution in [1.82, 2.24) is 15.5 Å². The molecule has 2 aliphatic heterocycles. The van der Waals surface area contributed by atoms with Gasteiger partial charge in [-0.3, -0.25) is 29.4 Å². The fourth-order valence-electron chi connectivity index (χ4n) is 3.15. The summed E-state index contributed by atoms with van der Waals surface area (Å²) in [7, 11) is 1.86. The Kier molecular flexibility index (Phi) is 4.80. The van der Waals surface area contributed by atoms with Crippen LogP contribution in [0.25, 0.3) is 0 Å². The molecular weight excluding hydrogens is 324 g/mol. The minimum Gasteiger partial charge on any atom is -0.384 e. The molecule has 1 unspecified atom stereocenters. The Labute approximate surface area is 144 Å². The Morgan fingerprint density at radius 3 is 2.68 bits per heavy atom. The molecule has 3 rings (SSSR count). The van der Waals surface area contributed by atoms with Gasteiger partial charge in [0.05, 0.1) is 11.1 Å². The summed E-state index contributed by atoms with van der Waals surface area (Å²) >= 11 is 0. The summed E-state index contributed by atoms with van der Waals surface area (Å²) in [5, 5.41) is 8.41. The average molecular weight is 344 g/mol. The highest BCUT2D eigenvalue weighted by Gasteiger charge is 2.45. The minimum absolute atomic E-state index is 0.110. The van der Waals surface area contributed by atoms with E-state index in [1.807, 2.05) is 7.05 Å². The Morgan fingerprint density at radius 1 is 1.16 bits per heavy atom. The number of carbonyl (C=O) groups is 4. The number of anilines is 1. The van der Waals surface area contributed by atoms with Crippen LogP contribution in [0, 0.1) is 0 Å². The summed E-state index contributed by atoms with van der Waals surface area (Å²) in [5.74, 6) is -1.97. The third-order valence-corrected chi connectivity index (χ3v) is 4.39. The first-order valence-electron chi connectivity index (χ1n) is 8.27. The molecule has 0 bridgehead atoms. The zero-order chi connectivity index (χ0) is 18.0. The molecule has 0 spiro atoms. The van der Waals surface area contributed by atoms with Crippen molar-refractivity contribution in [3.63, 3.8) is 0 Å². The maximum atomic E-state index is 12.8. The van der Waals surface area contributed by atoms with Gasteiger partial charge in [-0.25, -0.2) is 0 Å². The average Bonchev–Trinajstić information content (AvgIpc) is 2.84. The van der Waals surface area contributed by atoms with Crippen LogP contribution >= 0.6 is 0 Å². The highest BCUT2D eigenvalue weighted by atomic mass is 16.2. The van der Waals surface area contributed by atoms with Gasteiger partial charge in [-0.1, -0.05) is 6.07 Å². The number of hydrogen-bond donors (Lipinski definition) is 3. The number of rotatable bonds is 6. The van der Waals surface area contributed by atoms with Crippen LogP contribution in [0.3, 0.4) is 0 Å². The molecule has 0 saturated carbocycles. The third kappa shape index (κ3) is 3.12. The molecule has 3 N–H and O–H groups in total. The normalized spacial score (nSPS) is 19.9. The maximum absolute atomic E-state index is 12.8. The van der Waals surface area contributed by atoms with Gasteiger partial charge in [0, 0.05) is 18.7 Å². The molecule has 1 saturated heterocycles. The van der Waals surface area contributed by atoms with Gasteiger partial charge in [-0.2, -0.15) is 0 Å². The SMILES string of the molecule is CNCCCNc1cccc2c1C(=O)N(C1CCC(=O)NC1=O)C2=O. The van der Waals surface area contributed by atoms with Crippen LogP contribution in [0.4, 0.5) is 5.69 Å². The summed E-state index contributed by atoms with van der Waals surface area (Å²) in [6.07, 6.45) is 1.12. The zero-order valence-electron chi connectivity index (χ0n) is 13.9. The van der Waals surface area contributed by atoms with Crippen LogP contribution in [0.5, 0.6) is 0 Å². The van der Waals surface area contributed by atoms with Crippen LogP contribution in [-0.2, 0) is 9.59 Å². The summed E-state index contributed by atoms with van der Waals surface area (Å²) in [5.41, 5.74) is 1.16. The molecule has 25 heavy (non-hydrogen) atoms. The predicted octanol–water partition coefficient (Wildman–Crippen LogP) is 0.109. The Balaban J connectivity index is 1.84. The molecule has 2 aliphatic rings. The fourth-order valence-corrected chi connectivity index (χ4v) is 3.15. The number of piperidine rings is 1. The van der Waals surface area contributed by atoms with Gasteiger partial charge in [0.2, 0.25) is 11.8 Å². The van der Waals surface area contributed by atoms with Crippen molar-refractivity contribution in [2.45, 2.75) is 25.3 Å². The van der Waals surface area contributed by atoms with E-state index in [4.69, 9.17) is 0 Å². The van der Waals surface area contributed by atoms with Crippen molar-refractivity contribution in [2.75, 3.05) is 25.5 Å². The topological polar surface area (TPSA) is 108 Å². The van der Waals surface area contributed by atoms with E-state index in [1.165, 1.54) is 0 Å². The Hall–Kier alpha value is -2.74. The molecule has 1 atom stereocenters. The van der Waals surface area contributed by atoms with E-state index in [-0.39, 0.29) is 24.3 Å². The molecule has 8 nitrogen and oxygen atoms in total.